The van der Waals surface area contributed by atoms with Gasteiger partial charge >= 0.3 is 0 Å². The second kappa shape index (κ2) is 6.46. The highest BCUT2D eigenvalue weighted by Gasteiger charge is 2.14. The fourth-order valence-electron chi connectivity index (χ4n) is 2.16. The van der Waals surface area contributed by atoms with Gasteiger partial charge in [0.25, 0.3) is 0 Å². The molecular weight excluding hydrogens is 325 g/mol. The van der Waals surface area contributed by atoms with Gasteiger partial charge in [-0.2, -0.15) is 0 Å². The summed E-state index contributed by atoms with van der Waals surface area (Å²) in [7, 11) is 0. The highest BCUT2D eigenvalue weighted by Crippen LogP contribution is 2.32. The van der Waals surface area contributed by atoms with Crippen molar-refractivity contribution < 1.29 is 14.3 Å². The number of fused-ring (bicyclic) bond motifs is 1. The van der Waals surface area contributed by atoms with Crippen molar-refractivity contribution in [3.05, 3.63) is 52.0 Å². The number of benzene rings is 2. The lowest BCUT2D eigenvalue weighted by Gasteiger charge is -2.08. The molecule has 22 heavy (non-hydrogen) atoms. The molecule has 0 saturated heterocycles. The molecule has 0 fully saturated rings. The van der Waals surface area contributed by atoms with Gasteiger partial charge in [0.05, 0.1) is 10.7 Å². The zero-order valence-electron chi connectivity index (χ0n) is 11.6. The molecule has 0 atom stereocenters. The summed E-state index contributed by atoms with van der Waals surface area (Å²) in [5, 5.41) is 3.73. The SMILES string of the molecule is O=C(CCc1ccc2c(c1)OCO2)Nc1ccc(Cl)cc1Cl. The Balaban J connectivity index is 1.58. The summed E-state index contributed by atoms with van der Waals surface area (Å²) in [6.45, 7) is 0.244. The van der Waals surface area contributed by atoms with E-state index < -0.39 is 0 Å². The van der Waals surface area contributed by atoms with Crippen molar-refractivity contribution >= 4 is 34.8 Å². The normalized spacial score (nSPS) is 12.3. The van der Waals surface area contributed by atoms with Crippen LogP contribution in [0.25, 0.3) is 0 Å². The van der Waals surface area contributed by atoms with Crippen molar-refractivity contribution in [3.8, 4) is 11.5 Å². The third-order valence-electron chi connectivity index (χ3n) is 3.28. The summed E-state index contributed by atoms with van der Waals surface area (Å²) in [5.74, 6) is 1.35. The highest BCUT2D eigenvalue weighted by atomic mass is 35.5. The van der Waals surface area contributed by atoms with Crippen LogP contribution >= 0.6 is 23.2 Å². The van der Waals surface area contributed by atoms with E-state index in [1.54, 1.807) is 18.2 Å². The monoisotopic (exact) mass is 337 g/mol. The van der Waals surface area contributed by atoms with Crippen LogP contribution in [0.15, 0.2) is 36.4 Å². The largest absolute Gasteiger partial charge is 0.454 e. The molecule has 0 saturated carbocycles. The summed E-state index contributed by atoms with van der Waals surface area (Å²) in [4.78, 5) is 12.0. The molecule has 0 aliphatic carbocycles. The number of amides is 1. The van der Waals surface area contributed by atoms with Crippen molar-refractivity contribution in [1.29, 1.82) is 0 Å². The van der Waals surface area contributed by atoms with Crippen LogP contribution in [0.2, 0.25) is 10.0 Å². The molecule has 0 unspecified atom stereocenters. The molecule has 0 bridgehead atoms. The van der Waals surface area contributed by atoms with Gasteiger partial charge in [-0.1, -0.05) is 29.3 Å². The lowest BCUT2D eigenvalue weighted by atomic mass is 10.1. The third-order valence-corrected chi connectivity index (χ3v) is 3.83. The fourth-order valence-corrected chi connectivity index (χ4v) is 2.61. The molecule has 2 aromatic carbocycles. The Labute approximate surface area is 137 Å². The summed E-state index contributed by atoms with van der Waals surface area (Å²) >= 11 is 11.8. The van der Waals surface area contributed by atoms with E-state index in [-0.39, 0.29) is 12.7 Å². The topological polar surface area (TPSA) is 47.6 Å². The number of ether oxygens (including phenoxy) is 2. The minimum atomic E-state index is -0.109. The molecule has 3 rings (SSSR count). The van der Waals surface area contributed by atoms with Crippen molar-refractivity contribution in [1.82, 2.24) is 0 Å². The molecule has 0 spiro atoms. The zero-order valence-corrected chi connectivity index (χ0v) is 13.1. The van der Waals surface area contributed by atoms with Crippen LogP contribution in [-0.2, 0) is 11.2 Å². The number of aryl methyl sites for hydroxylation is 1. The standard InChI is InChI=1S/C16H13Cl2NO3/c17-11-3-4-13(12(18)8-11)19-16(20)6-2-10-1-5-14-15(7-10)22-9-21-14/h1,3-5,7-8H,2,6,9H2,(H,19,20). The van der Waals surface area contributed by atoms with Crippen LogP contribution in [0.5, 0.6) is 11.5 Å². The quantitative estimate of drug-likeness (QED) is 0.904. The Hall–Kier alpha value is -1.91. The smallest absolute Gasteiger partial charge is 0.231 e. The average Bonchev–Trinajstić information content (AvgIpc) is 2.95. The van der Waals surface area contributed by atoms with Crippen LogP contribution in [0.4, 0.5) is 5.69 Å². The summed E-state index contributed by atoms with van der Waals surface area (Å²) in [5.41, 5.74) is 1.57. The first kappa shape index (κ1) is 15.0. The lowest BCUT2D eigenvalue weighted by Crippen LogP contribution is -2.12. The Kier molecular flexibility index (Phi) is 4.41. The molecule has 1 amide bonds. The highest BCUT2D eigenvalue weighted by molar-refractivity contribution is 6.36. The van der Waals surface area contributed by atoms with Crippen molar-refractivity contribution in [3.63, 3.8) is 0 Å². The molecule has 0 radical (unpaired) electrons. The van der Waals surface area contributed by atoms with E-state index in [1.807, 2.05) is 18.2 Å². The Morgan fingerprint density at radius 3 is 2.73 bits per heavy atom. The Bertz CT molecular complexity index is 719. The van der Waals surface area contributed by atoms with Crippen molar-refractivity contribution in [2.24, 2.45) is 0 Å². The first-order valence-electron chi connectivity index (χ1n) is 6.75. The van der Waals surface area contributed by atoms with E-state index in [4.69, 9.17) is 32.7 Å². The molecule has 1 aliphatic heterocycles. The number of nitrogens with one attached hydrogen (secondary N) is 1. The summed E-state index contributed by atoms with van der Waals surface area (Å²) < 4.78 is 10.6. The van der Waals surface area contributed by atoms with E-state index in [1.165, 1.54) is 0 Å². The maximum absolute atomic E-state index is 12.0. The lowest BCUT2D eigenvalue weighted by molar-refractivity contribution is -0.116. The number of carbonyl (C=O) groups excluding carboxylic acids is 1. The van der Waals surface area contributed by atoms with E-state index >= 15 is 0 Å². The summed E-state index contributed by atoms with van der Waals surface area (Å²) in [6, 6.07) is 10.6. The van der Waals surface area contributed by atoms with Gasteiger partial charge < -0.3 is 14.8 Å². The molecule has 1 aliphatic rings. The minimum Gasteiger partial charge on any atom is -0.454 e. The zero-order chi connectivity index (χ0) is 15.5. The molecule has 1 N–H and O–H groups in total. The van der Waals surface area contributed by atoms with Crippen LogP contribution in [-0.4, -0.2) is 12.7 Å². The number of rotatable bonds is 4. The van der Waals surface area contributed by atoms with Gasteiger partial charge in [0.2, 0.25) is 12.7 Å². The molecule has 2 aromatic rings. The second-order valence-electron chi connectivity index (χ2n) is 4.86. The number of hydrogen-bond donors (Lipinski definition) is 1. The van der Waals surface area contributed by atoms with Crippen molar-refractivity contribution in [2.45, 2.75) is 12.8 Å². The predicted molar refractivity (Wildman–Crippen MR) is 86.0 cm³/mol. The van der Waals surface area contributed by atoms with Gasteiger partial charge in [0.1, 0.15) is 0 Å². The van der Waals surface area contributed by atoms with Crippen LogP contribution in [0.3, 0.4) is 0 Å². The molecule has 0 aromatic heterocycles. The van der Waals surface area contributed by atoms with Gasteiger partial charge in [-0.3, -0.25) is 4.79 Å². The van der Waals surface area contributed by atoms with Crippen molar-refractivity contribution in [2.75, 3.05) is 12.1 Å². The maximum atomic E-state index is 12.0. The minimum absolute atomic E-state index is 0.109. The van der Waals surface area contributed by atoms with E-state index in [2.05, 4.69) is 5.32 Å². The van der Waals surface area contributed by atoms with Gasteiger partial charge in [-0.05, 0) is 42.3 Å². The predicted octanol–water partition coefficient (Wildman–Crippen LogP) is 4.29. The number of hydrogen-bond acceptors (Lipinski definition) is 3. The number of carbonyl (C=O) groups is 1. The van der Waals surface area contributed by atoms with Gasteiger partial charge in [-0.15, -0.1) is 0 Å². The average molecular weight is 338 g/mol. The second-order valence-corrected chi connectivity index (χ2v) is 5.70. The van der Waals surface area contributed by atoms with E-state index in [9.17, 15) is 4.79 Å². The van der Waals surface area contributed by atoms with Crippen LogP contribution in [0.1, 0.15) is 12.0 Å². The molecule has 1 heterocycles. The van der Waals surface area contributed by atoms with Gasteiger partial charge in [0.15, 0.2) is 11.5 Å². The van der Waals surface area contributed by atoms with Crippen LogP contribution in [0, 0.1) is 0 Å². The maximum Gasteiger partial charge on any atom is 0.231 e. The first-order chi connectivity index (χ1) is 10.6. The van der Waals surface area contributed by atoms with Gasteiger partial charge in [-0.25, -0.2) is 0 Å². The summed E-state index contributed by atoms with van der Waals surface area (Å²) in [6.07, 6.45) is 0.951. The molecule has 6 heteroatoms. The Morgan fingerprint density at radius 1 is 1.09 bits per heavy atom. The molecule has 114 valence electrons. The third kappa shape index (κ3) is 3.46. The molecular formula is C16H13Cl2NO3. The number of anilines is 1. The molecule has 4 nitrogen and oxygen atoms in total. The van der Waals surface area contributed by atoms with E-state index in [0.717, 1.165) is 17.1 Å². The van der Waals surface area contributed by atoms with Crippen LogP contribution < -0.4 is 14.8 Å². The van der Waals surface area contributed by atoms with Gasteiger partial charge in [0, 0.05) is 11.4 Å². The number of halogens is 2. The first-order valence-corrected chi connectivity index (χ1v) is 7.51. The van der Waals surface area contributed by atoms with E-state index in [0.29, 0.717) is 28.6 Å². The Morgan fingerprint density at radius 2 is 1.91 bits per heavy atom. The fraction of sp³-hybridized carbons (Fsp3) is 0.188.